The van der Waals surface area contributed by atoms with E-state index in [-0.39, 0.29) is 24.3 Å². The summed E-state index contributed by atoms with van der Waals surface area (Å²) in [5.41, 5.74) is 1.78. The summed E-state index contributed by atoms with van der Waals surface area (Å²) in [6.07, 6.45) is 6.96. The minimum Gasteiger partial charge on any atom is -0.481 e. The Bertz CT molecular complexity index is 1480. The fraction of sp³-hybridized carbons (Fsp3) is 0.192. The second-order valence-corrected chi connectivity index (χ2v) is 8.42. The molecule has 0 spiro atoms. The van der Waals surface area contributed by atoms with Crippen molar-refractivity contribution < 1.29 is 18.7 Å². The van der Waals surface area contributed by atoms with E-state index < -0.39 is 17.8 Å². The first-order valence-corrected chi connectivity index (χ1v) is 11.4. The van der Waals surface area contributed by atoms with Crippen LogP contribution in [0.25, 0.3) is 6.08 Å². The molecule has 0 saturated heterocycles. The molecule has 1 aromatic heterocycles. The van der Waals surface area contributed by atoms with Crippen LogP contribution in [0.3, 0.4) is 0 Å². The summed E-state index contributed by atoms with van der Waals surface area (Å²) in [7, 11) is 0. The lowest BCUT2D eigenvalue weighted by Gasteiger charge is -2.24. The van der Waals surface area contributed by atoms with Crippen LogP contribution in [0.15, 0.2) is 69.6 Å². The number of fused-ring (bicyclic) bond motifs is 1. The lowest BCUT2D eigenvalue weighted by Crippen LogP contribution is -2.39. The molecule has 1 aliphatic rings. The number of hydrogen-bond donors (Lipinski definition) is 0. The Morgan fingerprint density at radius 3 is 2.59 bits per heavy atom. The molecule has 1 aliphatic heterocycles. The van der Waals surface area contributed by atoms with Gasteiger partial charge in [0.15, 0.2) is 4.80 Å². The second-order valence-electron chi connectivity index (χ2n) is 7.42. The van der Waals surface area contributed by atoms with Gasteiger partial charge in [-0.1, -0.05) is 41.5 Å². The molecular formula is C26H21FN2O4S. The van der Waals surface area contributed by atoms with E-state index in [1.165, 1.54) is 28.0 Å². The van der Waals surface area contributed by atoms with Crippen molar-refractivity contribution in [2.24, 2.45) is 4.99 Å². The number of hydrogen-bond acceptors (Lipinski definition) is 6. The summed E-state index contributed by atoms with van der Waals surface area (Å²) in [4.78, 5) is 31.3. The number of ether oxygens (including phenoxy) is 2. The van der Waals surface area contributed by atoms with E-state index in [1.54, 1.807) is 44.2 Å². The molecule has 0 aliphatic carbocycles. The Balaban J connectivity index is 1.84. The van der Waals surface area contributed by atoms with Crippen LogP contribution in [0.1, 0.15) is 31.0 Å². The number of carbonyl (C=O) groups excluding carboxylic acids is 1. The average Bonchev–Trinajstić information content (AvgIpc) is 3.12. The van der Waals surface area contributed by atoms with Crippen molar-refractivity contribution in [1.82, 2.24) is 4.57 Å². The van der Waals surface area contributed by atoms with Gasteiger partial charge in [0.25, 0.3) is 5.56 Å². The van der Waals surface area contributed by atoms with Crippen LogP contribution < -0.4 is 19.6 Å². The predicted octanol–water partition coefficient (Wildman–Crippen LogP) is 2.95. The third-order valence-corrected chi connectivity index (χ3v) is 6.19. The highest BCUT2D eigenvalue weighted by Crippen LogP contribution is 2.30. The van der Waals surface area contributed by atoms with Crippen molar-refractivity contribution in [3.63, 3.8) is 0 Å². The molecular weight excluding hydrogens is 455 g/mol. The fourth-order valence-electron chi connectivity index (χ4n) is 3.69. The van der Waals surface area contributed by atoms with Gasteiger partial charge in [-0.05, 0) is 55.3 Å². The number of esters is 1. The third-order valence-electron chi connectivity index (χ3n) is 5.20. The summed E-state index contributed by atoms with van der Waals surface area (Å²) < 4.78 is 26.2. The van der Waals surface area contributed by atoms with Crippen LogP contribution in [0.2, 0.25) is 0 Å². The molecule has 0 bridgehead atoms. The van der Waals surface area contributed by atoms with E-state index in [2.05, 4.69) is 10.9 Å². The molecule has 6 nitrogen and oxygen atoms in total. The highest BCUT2D eigenvalue weighted by Gasteiger charge is 2.33. The van der Waals surface area contributed by atoms with Gasteiger partial charge in [-0.15, -0.1) is 6.42 Å². The molecule has 3 aromatic rings. The summed E-state index contributed by atoms with van der Waals surface area (Å²) in [5.74, 6) is 2.06. The first-order valence-electron chi connectivity index (χ1n) is 10.5. The molecule has 0 radical (unpaired) electrons. The largest absolute Gasteiger partial charge is 0.481 e. The number of aromatic nitrogens is 1. The topological polar surface area (TPSA) is 69.9 Å². The van der Waals surface area contributed by atoms with Gasteiger partial charge in [0, 0.05) is 0 Å². The van der Waals surface area contributed by atoms with Crippen LogP contribution in [0, 0.1) is 18.2 Å². The molecule has 2 heterocycles. The van der Waals surface area contributed by atoms with E-state index in [0.29, 0.717) is 26.3 Å². The maximum atomic E-state index is 13.6. The van der Waals surface area contributed by atoms with Gasteiger partial charge in [-0.3, -0.25) is 9.36 Å². The van der Waals surface area contributed by atoms with Gasteiger partial charge in [-0.2, -0.15) is 0 Å². The number of allylic oxidation sites excluding steroid dienone is 1. The van der Waals surface area contributed by atoms with Crippen molar-refractivity contribution >= 4 is 23.4 Å². The summed E-state index contributed by atoms with van der Waals surface area (Å²) in [6, 6.07) is 12.1. The van der Waals surface area contributed by atoms with Gasteiger partial charge in [0.2, 0.25) is 0 Å². The highest BCUT2D eigenvalue weighted by molar-refractivity contribution is 7.07. The molecule has 172 valence electrons. The number of thiazole rings is 1. The summed E-state index contributed by atoms with van der Waals surface area (Å²) >= 11 is 1.22. The zero-order chi connectivity index (χ0) is 24.2. The molecule has 34 heavy (non-hydrogen) atoms. The molecule has 8 heteroatoms. The molecule has 0 fully saturated rings. The van der Waals surface area contributed by atoms with Gasteiger partial charge >= 0.3 is 5.97 Å². The van der Waals surface area contributed by atoms with Crippen molar-refractivity contribution in [2.45, 2.75) is 19.9 Å². The number of terminal acetylenes is 1. The van der Waals surface area contributed by atoms with Crippen LogP contribution >= 0.6 is 11.3 Å². The van der Waals surface area contributed by atoms with Crippen LogP contribution in [-0.2, 0) is 9.53 Å². The van der Waals surface area contributed by atoms with Crippen molar-refractivity contribution in [3.05, 3.63) is 96.4 Å². The Kier molecular flexibility index (Phi) is 6.75. The van der Waals surface area contributed by atoms with E-state index in [1.807, 2.05) is 12.1 Å². The Morgan fingerprint density at radius 2 is 1.94 bits per heavy atom. The molecule has 0 N–H and O–H groups in total. The van der Waals surface area contributed by atoms with Crippen molar-refractivity contribution in [1.29, 1.82) is 0 Å². The maximum absolute atomic E-state index is 13.6. The van der Waals surface area contributed by atoms with E-state index in [9.17, 15) is 14.0 Å². The van der Waals surface area contributed by atoms with Crippen LogP contribution in [-0.4, -0.2) is 23.8 Å². The first-order chi connectivity index (χ1) is 16.4. The smallest absolute Gasteiger partial charge is 0.338 e. The molecule has 0 saturated carbocycles. The van der Waals surface area contributed by atoms with Gasteiger partial charge in [0.1, 0.15) is 18.2 Å². The normalized spacial score (nSPS) is 15.4. The quantitative estimate of drug-likeness (QED) is 0.405. The highest BCUT2D eigenvalue weighted by atomic mass is 32.1. The zero-order valence-corrected chi connectivity index (χ0v) is 19.4. The lowest BCUT2D eigenvalue weighted by atomic mass is 9.96. The lowest BCUT2D eigenvalue weighted by molar-refractivity contribution is -0.139. The second kappa shape index (κ2) is 9.89. The molecule has 1 atom stereocenters. The molecule has 4 rings (SSSR count). The monoisotopic (exact) mass is 476 g/mol. The SMILES string of the molecule is C#CCOc1ccc(/C=c2\sc3n(c2=O)[C@@H](c2ccc(F)cc2)C(C(=O)OCC)=C(C)N=3)cc1. The van der Waals surface area contributed by atoms with E-state index >= 15 is 0 Å². The van der Waals surface area contributed by atoms with Crippen LogP contribution in [0.5, 0.6) is 5.75 Å². The van der Waals surface area contributed by atoms with Gasteiger partial charge in [0.05, 0.1) is 28.5 Å². The summed E-state index contributed by atoms with van der Waals surface area (Å²) in [6.45, 7) is 3.76. The van der Waals surface area contributed by atoms with Crippen molar-refractivity contribution in [3.8, 4) is 18.1 Å². The van der Waals surface area contributed by atoms with Gasteiger partial charge in [-0.25, -0.2) is 14.2 Å². The molecule has 0 unspecified atom stereocenters. The number of halogens is 1. The molecule has 2 aromatic carbocycles. The Morgan fingerprint density at radius 1 is 1.24 bits per heavy atom. The third kappa shape index (κ3) is 4.56. The first kappa shape index (κ1) is 23.2. The Labute approximate surface area is 199 Å². The van der Waals surface area contributed by atoms with Crippen molar-refractivity contribution in [2.75, 3.05) is 13.2 Å². The minimum absolute atomic E-state index is 0.170. The average molecular weight is 477 g/mol. The zero-order valence-electron chi connectivity index (χ0n) is 18.6. The standard InChI is InChI=1S/C26H21FN2O4S/c1-4-14-33-20-12-6-17(7-13-20)15-21-24(30)29-23(18-8-10-19(27)11-9-18)22(25(31)32-5-2)16(3)28-26(29)34-21/h1,6-13,15,23H,5,14H2,2-3H3/b21-15-/t23-/m0/s1. The minimum atomic E-state index is -0.780. The van der Waals surface area contributed by atoms with Gasteiger partial charge < -0.3 is 9.47 Å². The fourth-order valence-corrected chi connectivity index (χ4v) is 4.74. The molecule has 0 amide bonds. The Hall–Kier alpha value is -3.96. The number of nitrogens with zero attached hydrogens (tertiary/aromatic N) is 2. The van der Waals surface area contributed by atoms with E-state index in [4.69, 9.17) is 15.9 Å². The number of carbonyl (C=O) groups is 1. The number of rotatable bonds is 6. The predicted molar refractivity (Wildman–Crippen MR) is 128 cm³/mol. The number of benzene rings is 2. The van der Waals surface area contributed by atoms with Crippen LogP contribution in [0.4, 0.5) is 4.39 Å². The summed E-state index contributed by atoms with van der Waals surface area (Å²) in [5, 5.41) is 0. The maximum Gasteiger partial charge on any atom is 0.338 e. The van der Waals surface area contributed by atoms with E-state index in [0.717, 1.165) is 5.56 Å².